The third-order valence-corrected chi connectivity index (χ3v) is 6.15. The average molecular weight is 538 g/mol. The third-order valence-electron chi connectivity index (χ3n) is 5.62. The van der Waals surface area contributed by atoms with Crippen LogP contribution in [0.15, 0.2) is 83.3 Å². The van der Waals surface area contributed by atoms with Crippen LogP contribution >= 0.6 is 15.9 Å². The van der Waals surface area contributed by atoms with Crippen molar-refractivity contribution in [3.63, 3.8) is 0 Å². The number of nitro groups is 1. The van der Waals surface area contributed by atoms with Crippen molar-refractivity contribution < 1.29 is 14.5 Å². The highest BCUT2D eigenvalue weighted by molar-refractivity contribution is 9.10. The number of nitrogens with one attached hydrogen (secondary N) is 1. The molecule has 8 heteroatoms. The second-order valence-electron chi connectivity index (χ2n) is 8.21. The summed E-state index contributed by atoms with van der Waals surface area (Å²) < 4.78 is 0.903. The zero-order valence-corrected chi connectivity index (χ0v) is 21.1. The maximum absolute atomic E-state index is 13.7. The number of hydrogen-bond donors (Lipinski definition) is 1. The van der Waals surface area contributed by atoms with Crippen LogP contribution in [-0.4, -0.2) is 34.2 Å². The van der Waals surface area contributed by atoms with E-state index >= 15 is 0 Å². The van der Waals surface area contributed by atoms with E-state index in [0.29, 0.717) is 18.5 Å². The van der Waals surface area contributed by atoms with Gasteiger partial charge in [-0.3, -0.25) is 19.7 Å². The molecule has 0 aliphatic rings. The predicted molar refractivity (Wildman–Crippen MR) is 139 cm³/mol. The Balaban J connectivity index is 1.99. The van der Waals surface area contributed by atoms with Crippen LogP contribution in [-0.2, 0) is 29.0 Å². The zero-order valence-electron chi connectivity index (χ0n) is 19.5. The minimum atomic E-state index is -0.775. The number of amides is 2. The highest BCUT2D eigenvalue weighted by Gasteiger charge is 2.31. The molecule has 3 aromatic carbocycles. The molecule has 35 heavy (non-hydrogen) atoms. The van der Waals surface area contributed by atoms with Crippen LogP contribution in [0.2, 0.25) is 0 Å². The molecule has 1 N–H and O–H groups in total. The summed E-state index contributed by atoms with van der Waals surface area (Å²) in [5.74, 6) is -0.599. The van der Waals surface area contributed by atoms with Gasteiger partial charge in [-0.2, -0.15) is 0 Å². The Hall–Kier alpha value is -3.52. The summed E-state index contributed by atoms with van der Waals surface area (Å²) in [5.41, 5.74) is 1.98. The fraction of sp³-hybridized carbons (Fsp3) is 0.259. The molecule has 2 amide bonds. The van der Waals surface area contributed by atoms with E-state index < -0.39 is 11.0 Å². The standard InChI is InChI=1S/C27H28BrN3O4/c1-2-16-29-27(33)25(17-20-8-4-3-5-9-20)30(19-21-12-14-23(28)15-13-21)26(32)18-22-10-6-7-11-24(22)31(34)35/h3-15,25H,2,16-19H2,1H3,(H,29,33)/t25-/m1/s1. The van der Waals surface area contributed by atoms with Crippen LogP contribution < -0.4 is 5.32 Å². The molecule has 3 rings (SSSR count). The maximum Gasteiger partial charge on any atom is 0.273 e. The number of para-hydroxylation sites is 1. The van der Waals surface area contributed by atoms with E-state index in [1.165, 1.54) is 11.0 Å². The Morgan fingerprint density at radius 1 is 0.971 bits per heavy atom. The minimum Gasteiger partial charge on any atom is -0.354 e. The topological polar surface area (TPSA) is 92.6 Å². The first-order valence-corrected chi connectivity index (χ1v) is 12.3. The molecule has 0 heterocycles. The maximum atomic E-state index is 13.7. The highest BCUT2D eigenvalue weighted by Crippen LogP contribution is 2.22. The van der Waals surface area contributed by atoms with Gasteiger partial charge in [-0.15, -0.1) is 0 Å². The molecule has 0 aliphatic heterocycles. The fourth-order valence-corrected chi connectivity index (χ4v) is 4.07. The Morgan fingerprint density at radius 2 is 1.63 bits per heavy atom. The minimum absolute atomic E-state index is 0.112. The van der Waals surface area contributed by atoms with Gasteiger partial charge in [-0.1, -0.05) is 83.5 Å². The molecule has 0 saturated carbocycles. The zero-order chi connectivity index (χ0) is 25.2. The Labute approximate surface area is 213 Å². The van der Waals surface area contributed by atoms with Crippen molar-refractivity contribution >= 4 is 33.4 Å². The van der Waals surface area contributed by atoms with E-state index in [9.17, 15) is 19.7 Å². The van der Waals surface area contributed by atoms with Gasteiger partial charge in [0.1, 0.15) is 6.04 Å². The highest BCUT2D eigenvalue weighted by atomic mass is 79.9. The van der Waals surface area contributed by atoms with Crippen LogP contribution in [0.3, 0.4) is 0 Å². The molecule has 1 atom stereocenters. The second kappa shape index (κ2) is 12.8. The van der Waals surface area contributed by atoms with Gasteiger partial charge >= 0.3 is 0 Å². The van der Waals surface area contributed by atoms with Crippen LogP contribution in [0.1, 0.15) is 30.0 Å². The van der Waals surface area contributed by atoms with Gasteiger partial charge < -0.3 is 10.2 Å². The van der Waals surface area contributed by atoms with Crippen molar-refractivity contribution in [3.05, 3.63) is 110 Å². The molecule has 0 aromatic heterocycles. The van der Waals surface area contributed by atoms with Crippen molar-refractivity contribution in [1.29, 1.82) is 0 Å². The SMILES string of the molecule is CCCNC(=O)[C@@H](Cc1ccccc1)N(Cc1ccc(Br)cc1)C(=O)Cc1ccccc1[N+](=O)[O-]. The summed E-state index contributed by atoms with van der Waals surface area (Å²) in [6.07, 6.45) is 0.913. The summed E-state index contributed by atoms with van der Waals surface area (Å²) >= 11 is 3.42. The van der Waals surface area contributed by atoms with Gasteiger partial charge in [-0.25, -0.2) is 0 Å². The average Bonchev–Trinajstić information content (AvgIpc) is 2.86. The number of halogens is 1. The molecule has 0 aliphatic carbocycles. The van der Waals surface area contributed by atoms with E-state index in [2.05, 4.69) is 21.2 Å². The van der Waals surface area contributed by atoms with Crippen LogP contribution in [0.4, 0.5) is 5.69 Å². The number of benzene rings is 3. The number of nitro benzene ring substituents is 1. The van der Waals surface area contributed by atoms with Crippen molar-refractivity contribution in [1.82, 2.24) is 10.2 Å². The fourth-order valence-electron chi connectivity index (χ4n) is 3.81. The summed E-state index contributed by atoms with van der Waals surface area (Å²) in [6, 6.07) is 22.5. The Bertz CT molecular complexity index is 1150. The van der Waals surface area contributed by atoms with Crippen LogP contribution in [0.5, 0.6) is 0 Å². The molecule has 7 nitrogen and oxygen atoms in total. The van der Waals surface area contributed by atoms with E-state index in [1.54, 1.807) is 18.2 Å². The first kappa shape index (κ1) is 26.1. The lowest BCUT2D eigenvalue weighted by Crippen LogP contribution is -2.51. The molecular weight excluding hydrogens is 510 g/mol. The molecule has 0 spiro atoms. The number of carbonyl (C=O) groups is 2. The smallest absolute Gasteiger partial charge is 0.273 e. The quantitative estimate of drug-likeness (QED) is 0.273. The van der Waals surface area contributed by atoms with Crippen LogP contribution in [0.25, 0.3) is 0 Å². The molecule has 0 bridgehead atoms. The summed E-state index contributed by atoms with van der Waals surface area (Å²) in [4.78, 5) is 39.5. The van der Waals surface area contributed by atoms with E-state index in [1.807, 2.05) is 61.5 Å². The van der Waals surface area contributed by atoms with Crippen LogP contribution in [0, 0.1) is 10.1 Å². The molecular formula is C27H28BrN3O4. The lowest BCUT2D eigenvalue weighted by molar-refractivity contribution is -0.385. The van der Waals surface area contributed by atoms with E-state index in [4.69, 9.17) is 0 Å². The number of carbonyl (C=O) groups excluding carboxylic acids is 2. The normalized spacial score (nSPS) is 11.5. The van der Waals surface area contributed by atoms with Crippen molar-refractivity contribution in [2.45, 2.75) is 38.8 Å². The first-order valence-electron chi connectivity index (χ1n) is 11.5. The summed E-state index contributed by atoms with van der Waals surface area (Å²) in [6.45, 7) is 2.66. The van der Waals surface area contributed by atoms with Gasteiger partial charge in [0.25, 0.3) is 5.69 Å². The first-order chi connectivity index (χ1) is 16.9. The molecule has 0 saturated heterocycles. The third kappa shape index (κ3) is 7.48. The van der Waals surface area contributed by atoms with Gasteiger partial charge in [-0.05, 0) is 29.7 Å². The lowest BCUT2D eigenvalue weighted by Gasteiger charge is -2.31. The largest absolute Gasteiger partial charge is 0.354 e. The van der Waals surface area contributed by atoms with Gasteiger partial charge in [0.15, 0.2) is 0 Å². The van der Waals surface area contributed by atoms with Gasteiger partial charge in [0, 0.05) is 35.6 Å². The number of nitrogens with zero attached hydrogens (tertiary/aromatic N) is 2. The predicted octanol–water partition coefficient (Wildman–Crippen LogP) is 5.07. The van der Waals surface area contributed by atoms with Crippen molar-refractivity contribution in [3.8, 4) is 0 Å². The number of hydrogen-bond acceptors (Lipinski definition) is 4. The van der Waals surface area contributed by atoms with Crippen molar-refractivity contribution in [2.75, 3.05) is 6.54 Å². The Kier molecular flexibility index (Phi) is 9.55. The molecule has 182 valence electrons. The lowest BCUT2D eigenvalue weighted by atomic mass is 10.0. The molecule has 0 radical (unpaired) electrons. The van der Waals surface area contributed by atoms with E-state index in [0.717, 1.165) is 22.0 Å². The van der Waals surface area contributed by atoms with Crippen molar-refractivity contribution in [2.24, 2.45) is 0 Å². The number of rotatable bonds is 11. The molecule has 0 unspecified atom stereocenters. The second-order valence-corrected chi connectivity index (χ2v) is 9.12. The van der Waals surface area contributed by atoms with Gasteiger partial charge in [0.2, 0.25) is 11.8 Å². The summed E-state index contributed by atoms with van der Waals surface area (Å²) in [7, 11) is 0. The molecule has 3 aromatic rings. The summed E-state index contributed by atoms with van der Waals surface area (Å²) in [5, 5.41) is 14.4. The van der Waals surface area contributed by atoms with Gasteiger partial charge in [0.05, 0.1) is 11.3 Å². The van der Waals surface area contributed by atoms with E-state index in [-0.39, 0.29) is 30.5 Å². The Morgan fingerprint density at radius 3 is 2.29 bits per heavy atom. The molecule has 0 fully saturated rings. The monoisotopic (exact) mass is 537 g/mol.